The highest BCUT2D eigenvalue weighted by molar-refractivity contribution is 5.89. The molecule has 2 rings (SSSR count). The monoisotopic (exact) mass is 362 g/mol. The molecule has 0 aliphatic heterocycles. The van der Waals surface area contributed by atoms with Crippen LogP contribution < -0.4 is 21.1 Å². The highest BCUT2D eigenvalue weighted by atomic mass is 19.1. The Balaban J connectivity index is 1.88. The van der Waals surface area contributed by atoms with Gasteiger partial charge in [0.05, 0.1) is 6.54 Å². The molecular formula is C18H23FN4O3. The van der Waals surface area contributed by atoms with E-state index in [2.05, 4.69) is 15.6 Å². The molecule has 1 amide bonds. The van der Waals surface area contributed by atoms with Crippen LogP contribution >= 0.6 is 0 Å². The van der Waals surface area contributed by atoms with Crippen LogP contribution in [-0.2, 0) is 6.54 Å². The maximum atomic E-state index is 13.2. The molecule has 1 aromatic carbocycles. The Morgan fingerprint density at radius 3 is 2.81 bits per heavy atom. The Hall–Kier alpha value is -3.03. The lowest BCUT2D eigenvalue weighted by Crippen LogP contribution is -2.41. The van der Waals surface area contributed by atoms with Crippen molar-refractivity contribution in [1.82, 2.24) is 10.6 Å². The third-order valence-corrected chi connectivity index (χ3v) is 3.33. The van der Waals surface area contributed by atoms with Crippen molar-refractivity contribution >= 4 is 11.9 Å². The summed E-state index contributed by atoms with van der Waals surface area (Å²) >= 11 is 0. The molecule has 1 heterocycles. The number of furan rings is 1. The van der Waals surface area contributed by atoms with Gasteiger partial charge in [0, 0.05) is 12.6 Å². The number of primary amides is 1. The van der Waals surface area contributed by atoms with Crippen molar-refractivity contribution in [3.05, 3.63) is 53.7 Å². The molecule has 0 fully saturated rings. The molecule has 140 valence electrons. The van der Waals surface area contributed by atoms with Crippen molar-refractivity contribution in [2.75, 3.05) is 13.1 Å². The number of aliphatic imine (C=N–C) groups is 1. The average Bonchev–Trinajstić information content (AvgIpc) is 3.07. The summed E-state index contributed by atoms with van der Waals surface area (Å²) in [4.78, 5) is 15.4. The third-order valence-electron chi connectivity index (χ3n) is 3.33. The third kappa shape index (κ3) is 6.12. The Bertz CT molecular complexity index is 760. The average molecular weight is 362 g/mol. The van der Waals surface area contributed by atoms with E-state index in [-0.39, 0.29) is 24.2 Å². The normalized spacial score (nSPS) is 12.5. The zero-order chi connectivity index (χ0) is 18.9. The molecule has 2 aromatic rings. The number of nitrogens with two attached hydrogens (primary N) is 1. The second-order valence-corrected chi connectivity index (χ2v) is 5.59. The molecule has 0 radical (unpaired) electrons. The zero-order valence-electron chi connectivity index (χ0n) is 14.8. The van der Waals surface area contributed by atoms with E-state index in [4.69, 9.17) is 14.9 Å². The fourth-order valence-electron chi connectivity index (χ4n) is 2.15. The van der Waals surface area contributed by atoms with Gasteiger partial charge in [-0.3, -0.25) is 4.79 Å². The fraction of sp³-hybridized carbons (Fsp3) is 0.333. The molecular weight excluding hydrogens is 339 g/mol. The number of carbonyl (C=O) groups excluding carboxylic acids is 1. The van der Waals surface area contributed by atoms with Gasteiger partial charge in [-0.25, -0.2) is 9.38 Å². The van der Waals surface area contributed by atoms with Crippen LogP contribution in [0.15, 0.2) is 45.8 Å². The quantitative estimate of drug-likeness (QED) is 0.493. The van der Waals surface area contributed by atoms with Crippen LogP contribution in [0.5, 0.6) is 5.75 Å². The molecule has 0 spiro atoms. The summed E-state index contributed by atoms with van der Waals surface area (Å²) in [5.41, 5.74) is 5.15. The molecule has 4 N–H and O–H groups in total. The summed E-state index contributed by atoms with van der Waals surface area (Å²) < 4.78 is 24.1. The van der Waals surface area contributed by atoms with E-state index >= 15 is 0 Å². The topological polar surface area (TPSA) is 102 Å². The minimum absolute atomic E-state index is 0.102. The van der Waals surface area contributed by atoms with Crippen molar-refractivity contribution in [3.63, 3.8) is 0 Å². The van der Waals surface area contributed by atoms with Crippen LogP contribution in [-0.4, -0.2) is 31.1 Å². The first-order chi connectivity index (χ1) is 12.5. The number of hydrogen-bond acceptors (Lipinski definition) is 4. The number of benzene rings is 1. The number of halogens is 1. The summed E-state index contributed by atoms with van der Waals surface area (Å²) in [6, 6.07) is 9.17. The summed E-state index contributed by atoms with van der Waals surface area (Å²) in [6.45, 7) is 5.21. The number of rotatable bonds is 8. The van der Waals surface area contributed by atoms with Gasteiger partial charge in [0.2, 0.25) is 0 Å². The highest BCUT2D eigenvalue weighted by Crippen LogP contribution is 2.13. The Morgan fingerprint density at radius 1 is 1.35 bits per heavy atom. The van der Waals surface area contributed by atoms with E-state index in [1.807, 2.05) is 13.8 Å². The van der Waals surface area contributed by atoms with Gasteiger partial charge in [-0.05, 0) is 38.1 Å². The summed E-state index contributed by atoms with van der Waals surface area (Å²) in [6.07, 6.45) is -0.203. The number of guanidine groups is 1. The molecule has 0 aliphatic carbocycles. The van der Waals surface area contributed by atoms with Crippen LogP contribution in [0.25, 0.3) is 0 Å². The zero-order valence-corrected chi connectivity index (χ0v) is 14.8. The lowest BCUT2D eigenvalue weighted by Gasteiger charge is -2.17. The van der Waals surface area contributed by atoms with E-state index in [1.54, 1.807) is 18.2 Å². The Morgan fingerprint density at radius 2 is 2.15 bits per heavy atom. The van der Waals surface area contributed by atoms with Gasteiger partial charge in [-0.2, -0.15) is 0 Å². The maximum absolute atomic E-state index is 13.2. The van der Waals surface area contributed by atoms with Crippen LogP contribution in [0.4, 0.5) is 4.39 Å². The molecule has 0 aliphatic rings. The molecule has 0 saturated heterocycles. The van der Waals surface area contributed by atoms with Gasteiger partial charge in [0.1, 0.15) is 30.0 Å². The van der Waals surface area contributed by atoms with Crippen molar-refractivity contribution in [2.45, 2.75) is 26.5 Å². The van der Waals surface area contributed by atoms with Crippen molar-refractivity contribution in [1.29, 1.82) is 0 Å². The number of nitrogens with one attached hydrogen (secondary N) is 2. The standard InChI is InChI=1S/C18H23FN4O3/c1-3-21-18(23-11-15-7-8-16(26-15)17(20)24)22-10-12(2)25-14-6-4-5-13(19)9-14/h4-9,12H,3,10-11H2,1-2H3,(H2,20,24)(H2,21,22,23). The molecule has 7 nitrogen and oxygen atoms in total. The second kappa shape index (κ2) is 9.45. The fourth-order valence-corrected chi connectivity index (χ4v) is 2.15. The molecule has 1 unspecified atom stereocenters. The van der Waals surface area contributed by atoms with Crippen LogP contribution in [0.1, 0.15) is 30.2 Å². The molecule has 26 heavy (non-hydrogen) atoms. The Labute approximate surface area is 151 Å². The minimum atomic E-state index is -0.617. The molecule has 1 aromatic heterocycles. The minimum Gasteiger partial charge on any atom is -0.489 e. The molecule has 0 bridgehead atoms. The van der Waals surface area contributed by atoms with Crippen molar-refractivity contribution in [3.8, 4) is 5.75 Å². The largest absolute Gasteiger partial charge is 0.489 e. The number of amides is 1. The van der Waals surface area contributed by atoms with Crippen molar-refractivity contribution < 1.29 is 18.3 Å². The highest BCUT2D eigenvalue weighted by Gasteiger charge is 2.08. The number of hydrogen-bond donors (Lipinski definition) is 3. The van der Waals surface area contributed by atoms with Gasteiger partial charge in [-0.1, -0.05) is 6.07 Å². The molecule has 0 saturated carbocycles. The number of carbonyl (C=O) groups is 1. The van der Waals surface area contributed by atoms with Crippen LogP contribution in [0.2, 0.25) is 0 Å². The van der Waals surface area contributed by atoms with Gasteiger partial charge >= 0.3 is 0 Å². The summed E-state index contributed by atoms with van der Waals surface area (Å²) in [7, 11) is 0. The summed E-state index contributed by atoms with van der Waals surface area (Å²) in [5, 5.41) is 6.24. The van der Waals surface area contributed by atoms with Crippen molar-refractivity contribution in [2.24, 2.45) is 10.7 Å². The Kier molecular flexibility index (Phi) is 7.02. The first kappa shape index (κ1) is 19.3. The van der Waals surface area contributed by atoms with Crippen LogP contribution in [0, 0.1) is 5.82 Å². The lowest BCUT2D eigenvalue weighted by atomic mass is 10.3. The van der Waals surface area contributed by atoms with E-state index in [9.17, 15) is 9.18 Å². The summed E-state index contributed by atoms with van der Waals surface area (Å²) in [5.74, 6) is 0.709. The van der Waals surface area contributed by atoms with Gasteiger partial charge in [0.15, 0.2) is 11.7 Å². The first-order valence-electron chi connectivity index (χ1n) is 8.31. The van der Waals surface area contributed by atoms with E-state index in [0.717, 1.165) is 0 Å². The van der Waals surface area contributed by atoms with E-state index in [1.165, 1.54) is 18.2 Å². The number of nitrogens with zero attached hydrogens (tertiary/aromatic N) is 1. The van der Waals surface area contributed by atoms with Crippen LogP contribution in [0.3, 0.4) is 0 Å². The second-order valence-electron chi connectivity index (χ2n) is 5.59. The first-order valence-corrected chi connectivity index (χ1v) is 8.31. The van der Waals surface area contributed by atoms with E-state index in [0.29, 0.717) is 30.6 Å². The van der Waals surface area contributed by atoms with Gasteiger partial charge in [-0.15, -0.1) is 0 Å². The maximum Gasteiger partial charge on any atom is 0.284 e. The lowest BCUT2D eigenvalue weighted by molar-refractivity contribution is 0.0972. The molecule has 8 heteroatoms. The van der Waals surface area contributed by atoms with Gasteiger partial charge in [0.25, 0.3) is 5.91 Å². The number of ether oxygens (including phenoxy) is 1. The molecule has 1 atom stereocenters. The SMILES string of the molecule is CCNC(=NCc1ccc(C(N)=O)o1)NCC(C)Oc1cccc(F)c1. The van der Waals surface area contributed by atoms with Gasteiger partial charge < -0.3 is 25.5 Å². The van der Waals surface area contributed by atoms with E-state index < -0.39 is 5.91 Å². The predicted octanol–water partition coefficient (Wildman–Crippen LogP) is 2.04. The predicted molar refractivity (Wildman–Crippen MR) is 96.5 cm³/mol. The smallest absolute Gasteiger partial charge is 0.284 e.